The van der Waals surface area contributed by atoms with E-state index in [0.29, 0.717) is 16.2 Å². The van der Waals surface area contributed by atoms with Crippen LogP contribution < -0.4 is 0 Å². The van der Waals surface area contributed by atoms with Crippen molar-refractivity contribution in [3.05, 3.63) is 23.8 Å². The van der Waals surface area contributed by atoms with Crippen molar-refractivity contribution in [3.8, 4) is 0 Å². The Labute approximate surface area is 124 Å². The van der Waals surface area contributed by atoms with Gasteiger partial charge in [0.25, 0.3) is 0 Å². The molecule has 0 aromatic heterocycles. The molecule has 4 atom stereocenters. The van der Waals surface area contributed by atoms with E-state index in [2.05, 4.69) is 33.4 Å². The Morgan fingerprint density at radius 1 is 1.15 bits per heavy atom. The minimum absolute atomic E-state index is 0.496. The van der Waals surface area contributed by atoms with Crippen molar-refractivity contribution in [2.45, 2.75) is 72.1 Å². The van der Waals surface area contributed by atoms with Crippen molar-refractivity contribution in [2.75, 3.05) is 0 Å². The Morgan fingerprint density at radius 3 is 2.75 bits per heavy atom. The first-order valence-electron chi connectivity index (χ1n) is 8.76. The van der Waals surface area contributed by atoms with Gasteiger partial charge in [0.05, 0.1) is 0 Å². The lowest BCUT2D eigenvalue weighted by molar-refractivity contribution is -0.0307. The Hall–Kier alpha value is -0.520. The Bertz CT molecular complexity index is 494. The Morgan fingerprint density at radius 2 is 1.95 bits per heavy atom. The zero-order valence-electron chi connectivity index (χ0n) is 13.6. The van der Waals surface area contributed by atoms with Crippen LogP contribution in [0.25, 0.3) is 0 Å². The highest BCUT2D eigenvalue weighted by molar-refractivity contribution is 5.37. The maximum Gasteiger partial charge on any atom is -0.00395 e. The van der Waals surface area contributed by atoms with E-state index in [9.17, 15) is 0 Å². The zero-order valence-corrected chi connectivity index (χ0v) is 13.6. The number of hydrogen-bond donors (Lipinski definition) is 0. The molecule has 0 radical (unpaired) electrons. The molecule has 0 amide bonds. The first-order valence-corrected chi connectivity index (χ1v) is 8.76. The molecule has 4 rings (SSSR count). The summed E-state index contributed by atoms with van der Waals surface area (Å²) in [6.45, 7) is 12.1. The van der Waals surface area contributed by atoms with E-state index in [0.717, 1.165) is 11.8 Å². The molecule has 3 fully saturated rings. The second kappa shape index (κ2) is 3.81. The highest BCUT2D eigenvalue weighted by Crippen LogP contribution is 2.70. The third-order valence-electron chi connectivity index (χ3n) is 7.71. The van der Waals surface area contributed by atoms with E-state index in [1.54, 1.807) is 5.57 Å². The van der Waals surface area contributed by atoms with E-state index in [1.807, 2.05) is 5.57 Å². The summed E-state index contributed by atoms with van der Waals surface area (Å²) >= 11 is 0. The third-order valence-corrected chi connectivity index (χ3v) is 7.71. The van der Waals surface area contributed by atoms with E-state index < -0.39 is 0 Å². The average Bonchev–Trinajstić information content (AvgIpc) is 2.58. The standard InChI is InChI=1S/C20H30/c1-14-12-20-11-8-16-18(2,3)9-5-10-19(16,4)17(20)7-6-15(14)13-20/h7,15-16H,1,5-6,8-13H2,2-4H3. The number of allylic oxidation sites excluding steroid dienone is 3. The number of rotatable bonds is 0. The monoisotopic (exact) mass is 270 g/mol. The average molecular weight is 270 g/mol. The van der Waals surface area contributed by atoms with Crippen LogP contribution in [0.3, 0.4) is 0 Å². The third kappa shape index (κ3) is 1.49. The van der Waals surface area contributed by atoms with Gasteiger partial charge in [-0.15, -0.1) is 0 Å². The highest BCUT2D eigenvalue weighted by Gasteiger charge is 2.59. The van der Waals surface area contributed by atoms with Crippen molar-refractivity contribution < 1.29 is 0 Å². The van der Waals surface area contributed by atoms with Gasteiger partial charge in [-0.05, 0) is 73.0 Å². The first kappa shape index (κ1) is 13.2. The molecule has 0 N–H and O–H groups in total. The molecule has 0 aromatic carbocycles. The van der Waals surface area contributed by atoms with Gasteiger partial charge in [-0.2, -0.15) is 0 Å². The maximum atomic E-state index is 4.40. The molecule has 0 heterocycles. The van der Waals surface area contributed by atoms with E-state index >= 15 is 0 Å². The molecular formula is C20H30. The van der Waals surface area contributed by atoms with Gasteiger partial charge in [0, 0.05) is 0 Å². The van der Waals surface area contributed by atoms with Crippen LogP contribution in [0, 0.1) is 28.1 Å². The summed E-state index contributed by atoms with van der Waals surface area (Å²) in [6.07, 6.45) is 13.9. The predicted octanol–water partition coefficient (Wildman–Crippen LogP) is 5.90. The van der Waals surface area contributed by atoms with Crippen LogP contribution in [-0.2, 0) is 0 Å². The lowest BCUT2D eigenvalue weighted by atomic mass is 9.44. The summed E-state index contributed by atoms with van der Waals surface area (Å²) in [5.74, 6) is 1.72. The van der Waals surface area contributed by atoms with Crippen LogP contribution in [-0.4, -0.2) is 0 Å². The molecule has 0 aromatic rings. The maximum absolute atomic E-state index is 4.40. The van der Waals surface area contributed by atoms with Gasteiger partial charge >= 0.3 is 0 Å². The van der Waals surface area contributed by atoms with Crippen LogP contribution in [0.2, 0.25) is 0 Å². The lowest BCUT2D eigenvalue weighted by Crippen LogP contribution is -2.51. The van der Waals surface area contributed by atoms with Crippen LogP contribution in [0.1, 0.15) is 72.1 Å². The van der Waals surface area contributed by atoms with Crippen molar-refractivity contribution in [1.29, 1.82) is 0 Å². The molecule has 4 unspecified atom stereocenters. The highest BCUT2D eigenvalue weighted by atomic mass is 14.6. The molecule has 4 aliphatic rings. The second-order valence-electron chi connectivity index (χ2n) is 9.22. The smallest absolute Gasteiger partial charge is 0.00395 e. The first-order chi connectivity index (χ1) is 9.37. The van der Waals surface area contributed by atoms with Gasteiger partial charge in [0.15, 0.2) is 0 Å². The summed E-state index contributed by atoms with van der Waals surface area (Å²) in [5.41, 5.74) is 5.02. The molecule has 0 heteroatoms. The quantitative estimate of drug-likeness (QED) is 0.481. The topological polar surface area (TPSA) is 0 Å². The van der Waals surface area contributed by atoms with Gasteiger partial charge < -0.3 is 0 Å². The van der Waals surface area contributed by atoms with Gasteiger partial charge in [0.2, 0.25) is 0 Å². The fourth-order valence-corrected chi connectivity index (χ4v) is 6.94. The van der Waals surface area contributed by atoms with E-state index in [4.69, 9.17) is 0 Å². The fraction of sp³-hybridized carbons (Fsp3) is 0.800. The van der Waals surface area contributed by atoms with Crippen LogP contribution >= 0.6 is 0 Å². The van der Waals surface area contributed by atoms with Crippen molar-refractivity contribution in [1.82, 2.24) is 0 Å². The van der Waals surface area contributed by atoms with Crippen molar-refractivity contribution in [2.24, 2.45) is 28.1 Å². The molecule has 20 heavy (non-hydrogen) atoms. The van der Waals surface area contributed by atoms with Crippen LogP contribution in [0.5, 0.6) is 0 Å². The van der Waals surface area contributed by atoms with Crippen LogP contribution in [0.15, 0.2) is 23.8 Å². The molecule has 4 aliphatic carbocycles. The summed E-state index contributed by atoms with van der Waals surface area (Å²) in [6, 6.07) is 0. The van der Waals surface area contributed by atoms with Crippen molar-refractivity contribution >= 4 is 0 Å². The summed E-state index contributed by atoms with van der Waals surface area (Å²) in [5, 5.41) is 0. The zero-order chi connectivity index (χ0) is 14.2. The normalized spacial score (nSPS) is 49.4. The second-order valence-corrected chi connectivity index (χ2v) is 9.22. The van der Waals surface area contributed by atoms with Gasteiger partial charge in [0.1, 0.15) is 0 Å². The summed E-state index contributed by atoms with van der Waals surface area (Å²) in [4.78, 5) is 0. The van der Waals surface area contributed by atoms with E-state index in [-0.39, 0.29) is 0 Å². The Balaban J connectivity index is 1.80. The minimum atomic E-state index is 0.496. The molecule has 110 valence electrons. The van der Waals surface area contributed by atoms with Crippen molar-refractivity contribution in [3.63, 3.8) is 0 Å². The molecule has 3 saturated carbocycles. The summed E-state index contributed by atoms with van der Waals surface area (Å²) < 4.78 is 0. The molecule has 0 nitrogen and oxygen atoms in total. The minimum Gasteiger partial charge on any atom is -0.0995 e. The SMILES string of the molecule is C=C1CC23CCC4C(C)(C)CCCC4(C)C2=CCC1C3. The molecule has 1 spiro atoms. The molecule has 0 saturated heterocycles. The number of hydrogen-bond acceptors (Lipinski definition) is 0. The molecular weight excluding hydrogens is 240 g/mol. The fourth-order valence-electron chi connectivity index (χ4n) is 6.94. The largest absolute Gasteiger partial charge is 0.0995 e. The Kier molecular flexibility index (Phi) is 2.51. The van der Waals surface area contributed by atoms with Gasteiger partial charge in [-0.3, -0.25) is 0 Å². The predicted molar refractivity (Wildman–Crippen MR) is 85.5 cm³/mol. The van der Waals surface area contributed by atoms with Crippen LogP contribution in [0.4, 0.5) is 0 Å². The lowest BCUT2D eigenvalue weighted by Gasteiger charge is -2.60. The summed E-state index contributed by atoms with van der Waals surface area (Å²) in [7, 11) is 0. The van der Waals surface area contributed by atoms with E-state index in [1.165, 1.54) is 51.4 Å². The molecule has 2 bridgehead atoms. The molecule has 0 aliphatic heterocycles. The van der Waals surface area contributed by atoms with Gasteiger partial charge in [-0.1, -0.05) is 51.0 Å². The van der Waals surface area contributed by atoms with Gasteiger partial charge in [-0.25, -0.2) is 0 Å². The number of fused-ring (bicyclic) bond motifs is 3.